The van der Waals surface area contributed by atoms with Gasteiger partial charge < -0.3 is 4.40 Å². The Morgan fingerprint density at radius 2 is 1.40 bits per heavy atom. The lowest BCUT2D eigenvalue weighted by molar-refractivity contribution is 1.35. The van der Waals surface area contributed by atoms with Gasteiger partial charge in [0.15, 0.2) is 0 Å². The number of benzene rings is 3. The number of hydrogen-bond acceptors (Lipinski definition) is 1. The van der Waals surface area contributed by atoms with Crippen LogP contribution < -0.4 is 0 Å². The molecule has 0 aliphatic carbocycles. The van der Waals surface area contributed by atoms with Crippen LogP contribution in [-0.4, -0.2) is 4.40 Å². The average Bonchev–Trinajstić information content (AvgIpc) is 3.18. The van der Waals surface area contributed by atoms with Crippen LogP contribution in [0.25, 0.3) is 47.5 Å². The van der Waals surface area contributed by atoms with Crippen molar-refractivity contribution in [2.45, 2.75) is 6.92 Å². The van der Waals surface area contributed by atoms with E-state index in [1.54, 1.807) is 0 Å². The fourth-order valence-corrected chi connectivity index (χ4v) is 5.27. The van der Waals surface area contributed by atoms with Gasteiger partial charge >= 0.3 is 0 Å². The molecule has 0 N–H and O–H groups in total. The highest BCUT2D eigenvalue weighted by Crippen LogP contribution is 2.40. The molecule has 1 nitrogen and oxygen atoms in total. The maximum atomic E-state index is 2.46. The van der Waals surface area contributed by atoms with Crippen LogP contribution in [0.5, 0.6) is 0 Å². The second-order valence-corrected chi connectivity index (χ2v) is 7.83. The van der Waals surface area contributed by atoms with E-state index in [-0.39, 0.29) is 0 Å². The summed E-state index contributed by atoms with van der Waals surface area (Å²) in [5.74, 6) is 0. The second kappa shape index (κ2) is 4.62. The van der Waals surface area contributed by atoms with Crippen molar-refractivity contribution in [3.8, 4) is 0 Å². The van der Waals surface area contributed by atoms with Crippen molar-refractivity contribution in [3.05, 3.63) is 78.4 Å². The molecule has 0 atom stereocenters. The quantitative estimate of drug-likeness (QED) is 0.265. The lowest BCUT2D eigenvalue weighted by Gasteiger charge is -2.10. The van der Waals surface area contributed by atoms with E-state index in [2.05, 4.69) is 84.1 Å². The molecule has 6 rings (SSSR count). The molecule has 0 aliphatic heterocycles. The third-order valence-corrected chi connectivity index (χ3v) is 6.32. The molecule has 3 heterocycles. The predicted octanol–water partition coefficient (Wildman–Crippen LogP) is 6.92. The van der Waals surface area contributed by atoms with Gasteiger partial charge in [0.05, 0.1) is 21.3 Å². The minimum absolute atomic E-state index is 1.29. The number of pyridine rings is 1. The Kier molecular flexibility index (Phi) is 2.48. The zero-order valence-corrected chi connectivity index (χ0v) is 14.6. The van der Waals surface area contributed by atoms with Crippen LogP contribution in [0, 0.1) is 6.92 Å². The molecule has 2 heteroatoms. The number of fused-ring (bicyclic) bond motifs is 10. The Morgan fingerprint density at radius 1 is 0.640 bits per heavy atom. The second-order valence-electron chi connectivity index (χ2n) is 6.74. The van der Waals surface area contributed by atoms with E-state index in [9.17, 15) is 0 Å². The minimum Gasteiger partial charge on any atom is -0.307 e. The number of aryl methyl sites for hydroxylation is 1. The van der Waals surface area contributed by atoms with E-state index in [1.807, 2.05) is 11.3 Å². The van der Waals surface area contributed by atoms with Crippen LogP contribution in [0.1, 0.15) is 5.56 Å². The van der Waals surface area contributed by atoms with Crippen molar-refractivity contribution in [1.82, 2.24) is 4.40 Å². The summed E-state index contributed by atoms with van der Waals surface area (Å²) in [7, 11) is 0. The van der Waals surface area contributed by atoms with Crippen LogP contribution >= 0.6 is 11.3 Å². The smallest absolute Gasteiger partial charge is 0.0721 e. The van der Waals surface area contributed by atoms with Crippen LogP contribution in [0.3, 0.4) is 0 Å². The van der Waals surface area contributed by atoms with Crippen LogP contribution in [-0.2, 0) is 0 Å². The van der Waals surface area contributed by atoms with Gasteiger partial charge in [-0.2, -0.15) is 0 Å². The molecular formula is C23H15NS. The zero-order chi connectivity index (χ0) is 16.5. The van der Waals surface area contributed by atoms with Gasteiger partial charge in [0.2, 0.25) is 0 Å². The van der Waals surface area contributed by atoms with Gasteiger partial charge in [-0.05, 0) is 36.6 Å². The van der Waals surface area contributed by atoms with Crippen molar-refractivity contribution in [1.29, 1.82) is 0 Å². The maximum Gasteiger partial charge on any atom is 0.0721 e. The van der Waals surface area contributed by atoms with Crippen LogP contribution in [0.2, 0.25) is 0 Å². The first-order chi connectivity index (χ1) is 12.3. The third-order valence-electron chi connectivity index (χ3n) is 5.21. The van der Waals surface area contributed by atoms with Crippen LogP contribution in [0.15, 0.2) is 72.8 Å². The molecule has 6 aromatic rings. The summed E-state index contributed by atoms with van der Waals surface area (Å²) in [5, 5.41) is 5.34. The number of rotatable bonds is 0. The van der Waals surface area contributed by atoms with Gasteiger partial charge in [-0.3, -0.25) is 0 Å². The molecule has 0 amide bonds. The lowest BCUT2D eigenvalue weighted by atomic mass is 10.0. The van der Waals surface area contributed by atoms with Gasteiger partial charge in [-0.1, -0.05) is 54.1 Å². The zero-order valence-electron chi connectivity index (χ0n) is 13.8. The maximum absolute atomic E-state index is 2.46. The summed E-state index contributed by atoms with van der Waals surface area (Å²) in [6.45, 7) is 2.17. The summed E-state index contributed by atoms with van der Waals surface area (Å²) < 4.78 is 5.18. The monoisotopic (exact) mass is 337 g/mol. The molecule has 0 fully saturated rings. The normalized spacial score (nSPS) is 12.2. The summed E-state index contributed by atoms with van der Waals surface area (Å²) in [4.78, 5) is 0. The summed E-state index contributed by atoms with van der Waals surface area (Å²) in [6.07, 6.45) is 0. The first kappa shape index (κ1) is 13.5. The van der Waals surface area contributed by atoms with E-state index in [1.165, 1.54) is 53.1 Å². The molecule has 25 heavy (non-hydrogen) atoms. The molecule has 0 radical (unpaired) electrons. The Labute approximate surface area is 148 Å². The Bertz CT molecular complexity index is 1450. The van der Waals surface area contributed by atoms with E-state index in [0.717, 1.165) is 0 Å². The fourth-order valence-electron chi connectivity index (χ4n) is 4.14. The molecule has 118 valence electrons. The topological polar surface area (TPSA) is 4.41 Å². The van der Waals surface area contributed by atoms with Crippen LogP contribution in [0.4, 0.5) is 0 Å². The third kappa shape index (κ3) is 1.67. The van der Waals surface area contributed by atoms with Crippen molar-refractivity contribution >= 4 is 58.8 Å². The largest absolute Gasteiger partial charge is 0.307 e. The van der Waals surface area contributed by atoms with E-state index in [4.69, 9.17) is 0 Å². The molecule has 3 aromatic heterocycles. The van der Waals surface area contributed by atoms with Gasteiger partial charge in [0.25, 0.3) is 0 Å². The summed E-state index contributed by atoms with van der Waals surface area (Å²) in [5.41, 5.74) is 5.24. The van der Waals surface area contributed by atoms with Gasteiger partial charge in [-0.15, -0.1) is 11.3 Å². The lowest BCUT2D eigenvalue weighted by Crippen LogP contribution is -1.91. The minimum atomic E-state index is 1.29. The molecule has 0 spiro atoms. The number of thiophene rings is 1. The van der Waals surface area contributed by atoms with E-state index >= 15 is 0 Å². The number of hydrogen-bond donors (Lipinski definition) is 0. The molecule has 0 saturated carbocycles. The highest BCUT2D eigenvalue weighted by molar-refractivity contribution is 7.25. The van der Waals surface area contributed by atoms with Gasteiger partial charge in [0, 0.05) is 20.9 Å². The Balaban J connectivity index is 2.03. The van der Waals surface area contributed by atoms with Gasteiger partial charge in [-0.25, -0.2) is 0 Å². The van der Waals surface area contributed by atoms with Crippen molar-refractivity contribution in [2.24, 2.45) is 0 Å². The predicted molar refractivity (Wildman–Crippen MR) is 110 cm³/mol. The highest BCUT2D eigenvalue weighted by Gasteiger charge is 2.15. The number of aromatic nitrogens is 1. The average molecular weight is 337 g/mol. The molecule has 0 bridgehead atoms. The molecule has 0 aliphatic rings. The molecular weight excluding hydrogens is 322 g/mol. The van der Waals surface area contributed by atoms with E-state index in [0.29, 0.717) is 0 Å². The number of nitrogens with zero attached hydrogens (tertiary/aromatic N) is 1. The SMILES string of the molecule is Cc1ccc2c(c1)c1ccccc1c1cc3sc4ccccc4c3n21. The van der Waals surface area contributed by atoms with E-state index < -0.39 is 0 Å². The molecule has 0 unspecified atom stereocenters. The standard InChI is InChI=1S/C23H15NS/c1-14-10-11-19-18(12-14)15-6-2-3-7-16(15)20-13-22-23(24(19)20)17-8-4-5-9-21(17)25-22/h2-13H,1H3. The first-order valence-corrected chi connectivity index (χ1v) is 9.37. The summed E-state index contributed by atoms with van der Waals surface area (Å²) in [6, 6.07) is 26.7. The highest BCUT2D eigenvalue weighted by atomic mass is 32.1. The van der Waals surface area contributed by atoms with Crippen molar-refractivity contribution < 1.29 is 0 Å². The van der Waals surface area contributed by atoms with Crippen molar-refractivity contribution in [2.75, 3.05) is 0 Å². The Morgan fingerprint density at radius 3 is 2.28 bits per heavy atom. The molecule has 0 saturated heterocycles. The van der Waals surface area contributed by atoms with Crippen molar-refractivity contribution in [3.63, 3.8) is 0 Å². The summed E-state index contributed by atoms with van der Waals surface area (Å²) >= 11 is 1.89. The fraction of sp³-hybridized carbons (Fsp3) is 0.0435. The first-order valence-electron chi connectivity index (χ1n) is 8.55. The Hall–Kier alpha value is -2.84. The molecule has 3 aromatic carbocycles. The van der Waals surface area contributed by atoms with Gasteiger partial charge in [0.1, 0.15) is 0 Å².